The summed E-state index contributed by atoms with van der Waals surface area (Å²) in [5.41, 5.74) is 1.08. The molecule has 1 spiro atoms. The van der Waals surface area contributed by atoms with Crippen molar-refractivity contribution >= 4 is 5.91 Å². The normalized spacial score (nSPS) is 23.2. The maximum Gasteiger partial charge on any atom is 0.289 e. The predicted octanol–water partition coefficient (Wildman–Crippen LogP) is 3.60. The van der Waals surface area contributed by atoms with Gasteiger partial charge in [-0.25, -0.2) is 0 Å². The summed E-state index contributed by atoms with van der Waals surface area (Å²) in [6.07, 6.45) is 3.22. The van der Waals surface area contributed by atoms with E-state index in [1.165, 1.54) is 0 Å². The Morgan fingerprint density at radius 2 is 2.00 bits per heavy atom. The van der Waals surface area contributed by atoms with Crippen LogP contribution in [0.2, 0.25) is 0 Å². The maximum absolute atomic E-state index is 12.9. The highest BCUT2D eigenvalue weighted by atomic mass is 16.5. The highest BCUT2D eigenvalue weighted by Crippen LogP contribution is 2.38. The van der Waals surface area contributed by atoms with Gasteiger partial charge in [0.15, 0.2) is 5.76 Å². The SMILES string of the molecule is COc1ccc(-c2ccc(C(=O)N3CCC[C@]4(CCOC4)C3)o2)cc1. The molecule has 5 heteroatoms. The summed E-state index contributed by atoms with van der Waals surface area (Å²) in [7, 11) is 1.64. The Bertz CT molecular complexity index is 743. The molecule has 2 aliphatic rings. The third-order valence-corrected chi connectivity index (χ3v) is 5.32. The predicted molar refractivity (Wildman–Crippen MR) is 93.7 cm³/mol. The second-order valence-corrected chi connectivity index (χ2v) is 7.03. The third-order valence-electron chi connectivity index (χ3n) is 5.32. The van der Waals surface area contributed by atoms with Gasteiger partial charge in [0.1, 0.15) is 11.5 Å². The zero-order chi connectivity index (χ0) is 17.3. The molecule has 4 rings (SSSR count). The number of methoxy groups -OCH3 is 1. The molecule has 0 aliphatic carbocycles. The summed E-state index contributed by atoms with van der Waals surface area (Å²) in [5.74, 6) is 1.87. The molecular weight excluding hydrogens is 318 g/mol. The van der Waals surface area contributed by atoms with E-state index in [1.807, 2.05) is 35.2 Å². The number of nitrogens with zero attached hydrogens (tertiary/aromatic N) is 1. The quantitative estimate of drug-likeness (QED) is 0.856. The van der Waals surface area contributed by atoms with Gasteiger partial charge < -0.3 is 18.8 Å². The van der Waals surface area contributed by atoms with Gasteiger partial charge in [-0.3, -0.25) is 4.79 Å². The van der Waals surface area contributed by atoms with E-state index >= 15 is 0 Å². The van der Waals surface area contributed by atoms with Crippen LogP contribution in [0.4, 0.5) is 0 Å². The number of furan rings is 1. The molecule has 0 saturated carbocycles. The Kier molecular flexibility index (Phi) is 4.25. The highest BCUT2D eigenvalue weighted by molar-refractivity contribution is 5.92. The fraction of sp³-hybridized carbons (Fsp3) is 0.450. The lowest BCUT2D eigenvalue weighted by molar-refractivity contribution is 0.0437. The van der Waals surface area contributed by atoms with Crippen molar-refractivity contribution in [2.75, 3.05) is 33.4 Å². The summed E-state index contributed by atoms with van der Waals surface area (Å²) in [6.45, 7) is 3.14. The van der Waals surface area contributed by atoms with E-state index in [9.17, 15) is 4.79 Å². The van der Waals surface area contributed by atoms with Crippen LogP contribution < -0.4 is 4.74 Å². The lowest BCUT2D eigenvalue weighted by Gasteiger charge is -2.39. The van der Waals surface area contributed by atoms with Gasteiger partial charge in [0.25, 0.3) is 5.91 Å². The van der Waals surface area contributed by atoms with Crippen molar-refractivity contribution < 1.29 is 18.7 Å². The Labute approximate surface area is 147 Å². The van der Waals surface area contributed by atoms with Crippen molar-refractivity contribution in [3.63, 3.8) is 0 Å². The van der Waals surface area contributed by atoms with Crippen LogP contribution in [0, 0.1) is 5.41 Å². The zero-order valence-electron chi connectivity index (χ0n) is 14.5. The molecule has 2 aliphatic heterocycles. The number of likely N-dealkylation sites (tertiary alicyclic amines) is 1. The number of carbonyl (C=O) groups excluding carboxylic acids is 1. The molecule has 2 fully saturated rings. The molecule has 3 heterocycles. The molecule has 0 radical (unpaired) electrons. The van der Waals surface area contributed by atoms with E-state index in [2.05, 4.69) is 0 Å². The fourth-order valence-electron chi connectivity index (χ4n) is 3.87. The number of benzene rings is 1. The van der Waals surface area contributed by atoms with Crippen molar-refractivity contribution in [1.29, 1.82) is 0 Å². The number of amides is 1. The highest BCUT2D eigenvalue weighted by Gasteiger charge is 2.40. The Hall–Kier alpha value is -2.27. The van der Waals surface area contributed by atoms with Gasteiger partial charge in [-0.2, -0.15) is 0 Å². The van der Waals surface area contributed by atoms with Crippen molar-refractivity contribution in [3.8, 4) is 17.1 Å². The van der Waals surface area contributed by atoms with Crippen LogP contribution in [0.3, 0.4) is 0 Å². The number of hydrogen-bond acceptors (Lipinski definition) is 4. The zero-order valence-corrected chi connectivity index (χ0v) is 14.5. The number of rotatable bonds is 3. The van der Waals surface area contributed by atoms with Crippen LogP contribution in [0.15, 0.2) is 40.8 Å². The van der Waals surface area contributed by atoms with Gasteiger partial charge in [-0.05, 0) is 55.7 Å². The molecule has 0 N–H and O–H groups in total. The van der Waals surface area contributed by atoms with E-state index in [1.54, 1.807) is 13.2 Å². The average Bonchev–Trinajstić information content (AvgIpc) is 3.31. The summed E-state index contributed by atoms with van der Waals surface area (Å²) in [5, 5.41) is 0. The molecule has 0 unspecified atom stereocenters. The fourth-order valence-corrected chi connectivity index (χ4v) is 3.87. The molecule has 0 bridgehead atoms. The van der Waals surface area contributed by atoms with Crippen molar-refractivity contribution in [2.45, 2.75) is 19.3 Å². The molecule has 2 saturated heterocycles. The monoisotopic (exact) mass is 341 g/mol. The van der Waals surface area contributed by atoms with Crippen LogP contribution in [-0.4, -0.2) is 44.2 Å². The molecule has 132 valence electrons. The smallest absolute Gasteiger partial charge is 0.289 e. The van der Waals surface area contributed by atoms with Crippen LogP contribution in [0.5, 0.6) is 5.75 Å². The third kappa shape index (κ3) is 3.16. The van der Waals surface area contributed by atoms with Crippen LogP contribution in [0.25, 0.3) is 11.3 Å². The van der Waals surface area contributed by atoms with Gasteiger partial charge in [0.2, 0.25) is 0 Å². The summed E-state index contributed by atoms with van der Waals surface area (Å²) in [4.78, 5) is 14.8. The minimum atomic E-state index is -0.0225. The molecule has 1 aromatic heterocycles. The topological polar surface area (TPSA) is 51.9 Å². The maximum atomic E-state index is 12.9. The molecular formula is C20H23NO4. The van der Waals surface area contributed by atoms with Crippen LogP contribution in [-0.2, 0) is 4.74 Å². The van der Waals surface area contributed by atoms with E-state index in [-0.39, 0.29) is 11.3 Å². The van der Waals surface area contributed by atoms with Crippen LogP contribution >= 0.6 is 0 Å². The first-order valence-corrected chi connectivity index (χ1v) is 8.80. The van der Waals surface area contributed by atoms with Crippen molar-refractivity contribution in [2.24, 2.45) is 5.41 Å². The van der Waals surface area contributed by atoms with E-state index < -0.39 is 0 Å². The number of piperidine rings is 1. The Morgan fingerprint density at radius 3 is 2.72 bits per heavy atom. The van der Waals surface area contributed by atoms with E-state index in [0.29, 0.717) is 11.5 Å². The molecule has 2 aromatic rings. The first-order chi connectivity index (χ1) is 12.2. The standard InChI is InChI=1S/C20H23NO4/c1-23-16-5-3-15(4-6-16)17-7-8-18(25-17)19(22)21-11-2-9-20(13-21)10-12-24-14-20/h3-8H,2,9-14H2,1H3/t20-/m0/s1. The van der Waals surface area contributed by atoms with Gasteiger partial charge >= 0.3 is 0 Å². The first-order valence-electron chi connectivity index (χ1n) is 8.80. The summed E-state index contributed by atoms with van der Waals surface area (Å²) in [6, 6.07) is 11.2. The van der Waals surface area contributed by atoms with E-state index in [4.69, 9.17) is 13.9 Å². The lowest BCUT2D eigenvalue weighted by Crippen LogP contribution is -2.46. The van der Waals surface area contributed by atoms with Crippen LogP contribution in [0.1, 0.15) is 29.8 Å². The number of ether oxygens (including phenoxy) is 2. The van der Waals surface area contributed by atoms with Gasteiger partial charge in [-0.15, -0.1) is 0 Å². The molecule has 1 amide bonds. The van der Waals surface area contributed by atoms with Crippen molar-refractivity contribution in [1.82, 2.24) is 4.90 Å². The van der Waals surface area contributed by atoms with Gasteiger partial charge in [0, 0.05) is 30.7 Å². The average molecular weight is 341 g/mol. The molecule has 1 atom stereocenters. The van der Waals surface area contributed by atoms with E-state index in [0.717, 1.165) is 56.9 Å². The minimum Gasteiger partial charge on any atom is -0.497 e. The van der Waals surface area contributed by atoms with Gasteiger partial charge in [0.05, 0.1) is 13.7 Å². The Balaban J connectivity index is 1.50. The molecule has 1 aromatic carbocycles. The second-order valence-electron chi connectivity index (χ2n) is 7.03. The van der Waals surface area contributed by atoms with Crippen molar-refractivity contribution in [3.05, 3.63) is 42.2 Å². The van der Waals surface area contributed by atoms with Gasteiger partial charge in [-0.1, -0.05) is 0 Å². The summed E-state index contributed by atoms with van der Waals surface area (Å²) < 4.78 is 16.6. The summed E-state index contributed by atoms with van der Waals surface area (Å²) >= 11 is 0. The molecule has 25 heavy (non-hydrogen) atoms. The number of carbonyl (C=O) groups is 1. The Morgan fingerprint density at radius 1 is 1.16 bits per heavy atom. The number of hydrogen-bond donors (Lipinski definition) is 0. The lowest BCUT2D eigenvalue weighted by atomic mass is 9.79. The largest absolute Gasteiger partial charge is 0.497 e. The molecule has 5 nitrogen and oxygen atoms in total. The minimum absolute atomic E-state index is 0.0225. The second kappa shape index (κ2) is 6.56. The first kappa shape index (κ1) is 16.2.